The van der Waals surface area contributed by atoms with Gasteiger partial charge >= 0.3 is 17.9 Å². The van der Waals surface area contributed by atoms with Gasteiger partial charge in [0, 0.05) is 19.3 Å². The predicted octanol–water partition coefficient (Wildman–Crippen LogP) is 22.4. The highest BCUT2D eigenvalue weighted by atomic mass is 16.6. The number of unbranched alkanes of at least 4 members (excludes halogenated alkanes) is 32. The molecule has 1 atom stereocenters. The summed E-state index contributed by atoms with van der Waals surface area (Å²) >= 11 is 0. The molecule has 0 amide bonds. The molecule has 0 N–H and O–H groups in total. The average molecular weight is 1070 g/mol. The van der Waals surface area contributed by atoms with Gasteiger partial charge in [-0.1, -0.05) is 304 Å². The summed E-state index contributed by atoms with van der Waals surface area (Å²) in [6.45, 7) is 6.47. The molecule has 0 unspecified atom stereocenters. The molecule has 442 valence electrons. The Morgan fingerprint density at radius 3 is 0.896 bits per heavy atom. The van der Waals surface area contributed by atoms with Crippen LogP contribution < -0.4 is 0 Å². The highest BCUT2D eigenvalue weighted by molar-refractivity contribution is 5.71. The van der Waals surface area contributed by atoms with E-state index in [4.69, 9.17) is 14.2 Å². The predicted molar refractivity (Wildman–Crippen MR) is 334 cm³/mol. The maximum atomic E-state index is 12.9. The molecule has 0 heterocycles. The van der Waals surface area contributed by atoms with Gasteiger partial charge in [-0.3, -0.25) is 14.4 Å². The molecule has 0 radical (unpaired) electrons. The molecule has 0 aromatic carbocycles. The third kappa shape index (κ3) is 63.0. The SMILES string of the molecule is CC/C=C\C/C=C\C/C=C\C/C=C\C/C=C\C/C=C\CCC(=O)OC[C@H](COC(=O)CCCCCCCCCCC/C=C\C/C=C\CCCCC)OC(=O)CCCCCCCCCCCCCCCCCCCCCCC. The molecule has 0 bridgehead atoms. The number of hydrogen-bond acceptors (Lipinski definition) is 6. The molecule has 0 aromatic heterocycles. The Morgan fingerprint density at radius 1 is 0.273 bits per heavy atom. The van der Waals surface area contributed by atoms with Crippen molar-refractivity contribution in [1.82, 2.24) is 0 Å². The van der Waals surface area contributed by atoms with Crippen molar-refractivity contribution in [2.45, 2.75) is 322 Å². The molecule has 77 heavy (non-hydrogen) atoms. The Labute approximate surface area is 477 Å². The Bertz CT molecular complexity index is 1510. The maximum Gasteiger partial charge on any atom is 0.306 e. The van der Waals surface area contributed by atoms with Crippen molar-refractivity contribution < 1.29 is 28.6 Å². The third-order valence-corrected chi connectivity index (χ3v) is 14.1. The molecule has 0 spiro atoms. The number of rotatable bonds is 59. The molecule has 6 nitrogen and oxygen atoms in total. The fourth-order valence-electron chi connectivity index (χ4n) is 9.21. The van der Waals surface area contributed by atoms with Gasteiger partial charge < -0.3 is 14.2 Å². The summed E-state index contributed by atoms with van der Waals surface area (Å²) in [7, 11) is 0. The van der Waals surface area contributed by atoms with Gasteiger partial charge in [0.25, 0.3) is 0 Å². The van der Waals surface area contributed by atoms with Gasteiger partial charge in [-0.15, -0.1) is 0 Å². The summed E-state index contributed by atoms with van der Waals surface area (Å²) in [5.74, 6) is -0.979. The molecule has 0 aromatic rings. The first-order valence-corrected chi connectivity index (χ1v) is 32.7. The molecular weight excluding hydrogens is 949 g/mol. The molecule has 0 aliphatic carbocycles. The van der Waals surface area contributed by atoms with Crippen LogP contribution in [-0.2, 0) is 28.6 Å². The molecule has 0 fully saturated rings. The normalized spacial score (nSPS) is 12.7. The third-order valence-electron chi connectivity index (χ3n) is 14.1. The lowest BCUT2D eigenvalue weighted by Gasteiger charge is -2.18. The summed E-state index contributed by atoms with van der Waals surface area (Å²) in [5, 5.41) is 0. The summed E-state index contributed by atoms with van der Waals surface area (Å²) < 4.78 is 16.9. The fourth-order valence-corrected chi connectivity index (χ4v) is 9.21. The zero-order valence-corrected chi connectivity index (χ0v) is 50.7. The van der Waals surface area contributed by atoms with Crippen molar-refractivity contribution in [3.63, 3.8) is 0 Å². The Morgan fingerprint density at radius 2 is 0.532 bits per heavy atom. The van der Waals surface area contributed by atoms with Gasteiger partial charge in [0.2, 0.25) is 0 Å². The van der Waals surface area contributed by atoms with Crippen LogP contribution in [0.25, 0.3) is 0 Å². The zero-order chi connectivity index (χ0) is 55.7. The van der Waals surface area contributed by atoms with Crippen LogP contribution in [0.4, 0.5) is 0 Å². The lowest BCUT2D eigenvalue weighted by Crippen LogP contribution is -2.30. The minimum Gasteiger partial charge on any atom is -0.462 e. The van der Waals surface area contributed by atoms with E-state index in [1.54, 1.807) is 0 Å². The maximum absolute atomic E-state index is 12.9. The van der Waals surface area contributed by atoms with Crippen LogP contribution in [0.15, 0.2) is 97.2 Å². The highest BCUT2D eigenvalue weighted by Gasteiger charge is 2.19. The number of hydrogen-bond donors (Lipinski definition) is 0. The quantitative estimate of drug-likeness (QED) is 0.0261. The van der Waals surface area contributed by atoms with E-state index in [0.717, 1.165) is 83.5 Å². The lowest BCUT2D eigenvalue weighted by molar-refractivity contribution is -0.166. The molecule has 0 rings (SSSR count). The number of allylic oxidation sites excluding steroid dienone is 16. The zero-order valence-electron chi connectivity index (χ0n) is 50.7. The monoisotopic (exact) mass is 1070 g/mol. The van der Waals surface area contributed by atoms with Crippen molar-refractivity contribution in [3.05, 3.63) is 97.2 Å². The Balaban J connectivity index is 4.46. The van der Waals surface area contributed by atoms with E-state index in [-0.39, 0.29) is 37.5 Å². The first kappa shape index (κ1) is 73.3. The second-order valence-corrected chi connectivity index (χ2v) is 21.6. The average Bonchev–Trinajstić information content (AvgIpc) is 3.43. The summed E-state index contributed by atoms with van der Waals surface area (Å²) in [6.07, 6.45) is 87.1. The van der Waals surface area contributed by atoms with Crippen LogP contribution >= 0.6 is 0 Å². The number of carbonyl (C=O) groups excluding carboxylic acids is 3. The van der Waals surface area contributed by atoms with E-state index >= 15 is 0 Å². The van der Waals surface area contributed by atoms with Crippen molar-refractivity contribution in [2.75, 3.05) is 13.2 Å². The Hall–Kier alpha value is -3.67. The van der Waals surface area contributed by atoms with Crippen molar-refractivity contribution in [2.24, 2.45) is 0 Å². The van der Waals surface area contributed by atoms with E-state index in [9.17, 15) is 14.4 Å². The van der Waals surface area contributed by atoms with Gasteiger partial charge in [0.1, 0.15) is 13.2 Å². The highest BCUT2D eigenvalue weighted by Crippen LogP contribution is 2.17. The molecule has 0 saturated heterocycles. The van der Waals surface area contributed by atoms with Gasteiger partial charge in [0.05, 0.1) is 0 Å². The summed E-state index contributed by atoms with van der Waals surface area (Å²) in [4.78, 5) is 38.3. The molecule has 6 heteroatoms. The number of carbonyl (C=O) groups is 3. The molecule has 0 aliphatic heterocycles. The minimum absolute atomic E-state index is 0.101. The van der Waals surface area contributed by atoms with E-state index in [1.165, 1.54) is 186 Å². The smallest absolute Gasteiger partial charge is 0.306 e. The molecule has 0 aliphatic rings. The fraction of sp³-hybridized carbons (Fsp3) is 0.732. The van der Waals surface area contributed by atoms with Crippen molar-refractivity contribution in [1.29, 1.82) is 0 Å². The van der Waals surface area contributed by atoms with Crippen LogP contribution in [0, 0.1) is 0 Å². The second-order valence-electron chi connectivity index (χ2n) is 21.6. The largest absolute Gasteiger partial charge is 0.462 e. The summed E-state index contributed by atoms with van der Waals surface area (Å²) in [5.41, 5.74) is 0. The van der Waals surface area contributed by atoms with E-state index < -0.39 is 6.10 Å². The van der Waals surface area contributed by atoms with Gasteiger partial charge in [-0.05, 0) is 89.9 Å². The van der Waals surface area contributed by atoms with Crippen LogP contribution in [0.2, 0.25) is 0 Å². The standard InChI is InChI=1S/C71H122O6/c1-4-7-10-13-16-19-22-25-28-31-34-35-38-41-44-47-50-53-56-59-62-65-71(74)77-68(66-75-69(72)63-60-57-54-51-48-45-42-39-36-32-29-26-23-20-17-14-11-8-5-2)67-76-70(73)64-61-58-55-52-49-46-43-40-37-33-30-27-24-21-18-15-12-9-6-3/h8,11,17-18,20-21,26-27,29-30,36,39,45,48,54,57,68H,4-7,9-10,12-16,19,22-25,28,31-35,37-38,40-44,46-47,49-53,55-56,58-67H2,1-3H3/b11-8-,20-17-,21-18-,29-26-,30-27-,39-36-,48-45-,57-54-/t68-/m1/s1. The minimum atomic E-state index is -0.811. The topological polar surface area (TPSA) is 78.9 Å². The van der Waals surface area contributed by atoms with Crippen molar-refractivity contribution in [3.8, 4) is 0 Å². The number of esters is 3. The van der Waals surface area contributed by atoms with Crippen LogP contribution in [0.5, 0.6) is 0 Å². The van der Waals surface area contributed by atoms with Gasteiger partial charge in [-0.2, -0.15) is 0 Å². The molecular formula is C71H122O6. The molecule has 0 saturated carbocycles. The van der Waals surface area contributed by atoms with Crippen LogP contribution in [0.3, 0.4) is 0 Å². The van der Waals surface area contributed by atoms with E-state index in [0.29, 0.717) is 19.3 Å². The van der Waals surface area contributed by atoms with Crippen LogP contribution in [-0.4, -0.2) is 37.2 Å². The van der Waals surface area contributed by atoms with Gasteiger partial charge in [0.15, 0.2) is 6.10 Å². The Kier molecular flexibility index (Phi) is 61.8. The lowest BCUT2D eigenvalue weighted by atomic mass is 10.0. The first-order valence-electron chi connectivity index (χ1n) is 32.7. The van der Waals surface area contributed by atoms with E-state index in [2.05, 4.69) is 112 Å². The second kappa shape index (κ2) is 64.9. The van der Waals surface area contributed by atoms with Crippen LogP contribution in [0.1, 0.15) is 316 Å². The number of ether oxygens (including phenoxy) is 3. The van der Waals surface area contributed by atoms with Gasteiger partial charge in [-0.25, -0.2) is 0 Å². The first-order chi connectivity index (χ1) is 38.0. The van der Waals surface area contributed by atoms with Crippen molar-refractivity contribution >= 4 is 17.9 Å². The van der Waals surface area contributed by atoms with E-state index in [1.807, 2.05) is 6.08 Å². The summed E-state index contributed by atoms with van der Waals surface area (Å²) in [6, 6.07) is 0.